The van der Waals surface area contributed by atoms with Crippen molar-refractivity contribution in [3.63, 3.8) is 0 Å². The average Bonchev–Trinajstić information content (AvgIpc) is 3.07. The fourth-order valence-electron chi connectivity index (χ4n) is 5.72. The summed E-state index contributed by atoms with van der Waals surface area (Å²) in [6.45, 7) is -2.24. The van der Waals surface area contributed by atoms with Crippen LogP contribution in [0, 0.1) is 0 Å². The lowest BCUT2D eigenvalue weighted by atomic mass is 9.99. The van der Waals surface area contributed by atoms with E-state index in [-0.39, 0.29) is 33.8 Å². The zero-order valence-corrected chi connectivity index (χ0v) is 26.3. The molecule has 2 aliphatic heterocycles. The van der Waals surface area contributed by atoms with Crippen LogP contribution >= 0.6 is 11.8 Å². The number of fused-ring (bicyclic) bond motifs is 2. The highest BCUT2D eigenvalue weighted by Crippen LogP contribution is 2.38. The van der Waals surface area contributed by atoms with E-state index in [1.165, 1.54) is 48.5 Å². The second kappa shape index (κ2) is 14.7. The minimum absolute atomic E-state index is 0.0400. The van der Waals surface area contributed by atoms with Crippen molar-refractivity contribution in [2.75, 3.05) is 13.2 Å². The van der Waals surface area contributed by atoms with Gasteiger partial charge in [-0.15, -0.1) is 0 Å². The van der Waals surface area contributed by atoms with E-state index >= 15 is 0 Å². The summed E-state index contributed by atoms with van der Waals surface area (Å²) in [4.78, 5) is 25.1. The quantitative estimate of drug-likeness (QED) is 0.0957. The van der Waals surface area contributed by atoms with Gasteiger partial charge in [-0.3, -0.25) is 0 Å². The molecule has 6 rings (SSSR count). The first kappa shape index (κ1) is 35.2. The standard InChI is InChI=1S/C32H34O16S/c33-9-21-23(37)27(43-11-15-5-13-1-3-17(35)7-19(13)45-29(15)41)25(39)31(47-21)49-32-26(40)28(24(38)22(10-34)48-32)44-12-16-6-14-2-4-18(36)8-20(14)46-30(16)42/h1-8,21-28,31-40H,9-12H2/t21?,22?,23-,24-,25-,26+,27?,28?,31-,32-/m0/s1. The minimum atomic E-state index is -1.62. The Kier molecular flexibility index (Phi) is 10.6. The van der Waals surface area contributed by atoms with Crippen molar-refractivity contribution < 1.29 is 68.6 Å². The van der Waals surface area contributed by atoms with Gasteiger partial charge in [-0.05, 0) is 36.4 Å². The number of ether oxygens (including phenoxy) is 4. The first-order valence-corrected chi connectivity index (χ1v) is 16.1. The molecule has 2 aromatic carbocycles. The number of aliphatic hydroxyl groups excluding tert-OH is 6. The summed E-state index contributed by atoms with van der Waals surface area (Å²) in [6, 6.07) is 11.3. The van der Waals surface area contributed by atoms with Gasteiger partial charge in [-0.2, -0.15) is 0 Å². The molecule has 2 aliphatic rings. The highest BCUT2D eigenvalue weighted by molar-refractivity contribution is 8.00. The first-order chi connectivity index (χ1) is 23.5. The maximum absolute atomic E-state index is 12.6. The SMILES string of the molecule is O=c1oc2cc(O)ccc2cc1COC1[C@@H](O)C(CO)O[C@@H](S[C@@H]2OC(CO)[C@H](O)C(OCc3cc4ccc(O)cc4oc3=O)[C@@H]2O)[C@@H]1O. The van der Waals surface area contributed by atoms with Gasteiger partial charge in [0.2, 0.25) is 0 Å². The van der Waals surface area contributed by atoms with E-state index in [4.69, 9.17) is 27.8 Å². The number of rotatable bonds is 10. The smallest absolute Gasteiger partial charge is 0.341 e. The third-order valence-electron chi connectivity index (χ3n) is 8.36. The van der Waals surface area contributed by atoms with Gasteiger partial charge in [0.25, 0.3) is 0 Å². The Labute approximate surface area is 280 Å². The van der Waals surface area contributed by atoms with Gasteiger partial charge in [-0.25, -0.2) is 9.59 Å². The Morgan fingerprint density at radius 1 is 0.612 bits per heavy atom. The fraction of sp³-hybridized carbons (Fsp3) is 0.438. The molecular weight excluding hydrogens is 672 g/mol. The third kappa shape index (κ3) is 7.33. The Morgan fingerprint density at radius 2 is 1.02 bits per heavy atom. The van der Waals surface area contributed by atoms with Crippen LogP contribution in [0.4, 0.5) is 0 Å². The molecule has 4 heterocycles. The van der Waals surface area contributed by atoms with Crippen LogP contribution in [-0.2, 0) is 32.2 Å². The zero-order valence-electron chi connectivity index (χ0n) is 25.5. The summed E-state index contributed by atoms with van der Waals surface area (Å²) >= 11 is 0.707. The molecule has 0 radical (unpaired) electrons. The summed E-state index contributed by atoms with van der Waals surface area (Å²) in [5, 5.41) is 84.3. The molecule has 4 aromatic rings. The van der Waals surface area contributed by atoms with Crippen LogP contribution in [0.1, 0.15) is 11.1 Å². The summed E-state index contributed by atoms with van der Waals surface area (Å²) in [5.74, 6) is -0.201. The third-order valence-corrected chi connectivity index (χ3v) is 9.67. The van der Waals surface area contributed by atoms with Crippen molar-refractivity contribution >= 4 is 33.7 Å². The van der Waals surface area contributed by atoms with E-state index in [2.05, 4.69) is 0 Å². The number of aromatic hydroxyl groups is 2. The van der Waals surface area contributed by atoms with Crippen LogP contribution in [-0.4, -0.2) is 114 Å². The zero-order chi connectivity index (χ0) is 35.0. The normalized spacial score (nSPS) is 30.6. The van der Waals surface area contributed by atoms with Crippen LogP contribution in [0.25, 0.3) is 21.9 Å². The van der Waals surface area contributed by atoms with Crippen molar-refractivity contribution in [1.82, 2.24) is 0 Å². The van der Waals surface area contributed by atoms with Crippen molar-refractivity contribution in [2.45, 2.75) is 72.9 Å². The van der Waals surface area contributed by atoms with Crippen LogP contribution < -0.4 is 11.3 Å². The molecule has 2 saturated heterocycles. The number of aliphatic hydroxyl groups is 6. The molecular formula is C32H34O16S. The van der Waals surface area contributed by atoms with Crippen molar-refractivity contribution in [3.05, 3.63) is 80.5 Å². The van der Waals surface area contributed by atoms with Crippen LogP contribution in [0.2, 0.25) is 0 Å². The summed E-state index contributed by atoms with van der Waals surface area (Å²) in [7, 11) is 0. The van der Waals surface area contributed by atoms with Crippen molar-refractivity contribution in [2.24, 2.45) is 0 Å². The van der Waals surface area contributed by atoms with Crippen LogP contribution in [0.15, 0.2) is 67.0 Å². The predicted molar refractivity (Wildman–Crippen MR) is 169 cm³/mol. The predicted octanol–water partition coefficient (Wildman–Crippen LogP) is -0.608. The van der Waals surface area contributed by atoms with Crippen LogP contribution in [0.5, 0.6) is 11.5 Å². The lowest BCUT2D eigenvalue weighted by molar-refractivity contribution is -0.231. The molecule has 8 N–H and O–H groups in total. The number of phenolic OH excluding ortho intramolecular Hbond substituents is 2. The van der Waals surface area contributed by atoms with E-state index in [9.17, 15) is 50.4 Å². The van der Waals surface area contributed by atoms with Crippen LogP contribution in [0.3, 0.4) is 0 Å². The molecule has 17 heteroatoms. The van der Waals surface area contributed by atoms with Gasteiger partial charge in [0, 0.05) is 22.9 Å². The fourth-order valence-corrected chi connectivity index (χ4v) is 7.03. The van der Waals surface area contributed by atoms with Crippen molar-refractivity contribution in [1.29, 1.82) is 0 Å². The molecule has 264 valence electrons. The maximum Gasteiger partial charge on any atom is 0.341 e. The van der Waals surface area contributed by atoms with Gasteiger partial charge >= 0.3 is 11.3 Å². The topological polar surface area (TPSA) is 259 Å². The largest absolute Gasteiger partial charge is 0.508 e. The second-order valence-corrected chi connectivity index (χ2v) is 12.9. The molecule has 4 unspecified atom stereocenters. The highest BCUT2D eigenvalue weighted by Gasteiger charge is 2.51. The Bertz CT molecular complexity index is 1760. The molecule has 0 aliphatic carbocycles. The van der Waals surface area contributed by atoms with Gasteiger partial charge in [0.1, 0.15) is 82.4 Å². The number of benzene rings is 2. The Morgan fingerprint density at radius 3 is 1.41 bits per heavy atom. The molecule has 2 aromatic heterocycles. The number of phenols is 2. The molecule has 0 bridgehead atoms. The maximum atomic E-state index is 12.6. The van der Waals surface area contributed by atoms with E-state index in [0.29, 0.717) is 22.5 Å². The van der Waals surface area contributed by atoms with E-state index in [1.807, 2.05) is 0 Å². The number of hydrogen-bond acceptors (Lipinski definition) is 17. The van der Waals surface area contributed by atoms with Gasteiger partial charge < -0.3 is 68.6 Å². The van der Waals surface area contributed by atoms with Crippen molar-refractivity contribution in [3.8, 4) is 11.5 Å². The number of thioether (sulfide) groups is 1. The van der Waals surface area contributed by atoms with E-state index in [1.54, 1.807) is 0 Å². The Balaban J connectivity index is 1.17. The lowest BCUT2D eigenvalue weighted by Gasteiger charge is -2.46. The highest BCUT2D eigenvalue weighted by atomic mass is 32.2. The van der Waals surface area contributed by atoms with Gasteiger partial charge in [0.05, 0.1) is 37.6 Å². The first-order valence-electron chi connectivity index (χ1n) is 15.1. The second-order valence-electron chi connectivity index (χ2n) is 11.7. The molecule has 0 spiro atoms. The molecule has 2 fully saturated rings. The Hall–Kier alpha value is -3.59. The lowest BCUT2D eigenvalue weighted by Crippen LogP contribution is -2.61. The molecule has 16 nitrogen and oxygen atoms in total. The molecule has 0 saturated carbocycles. The number of hydrogen-bond donors (Lipinski definition) is 8. The summed E-state index contributed by atoms with van der Waals surface area (Å²) in [5.41, 5.74) is -3.84. The summed E-state index contributed by atoms with van der Waals surface area (Å²) in [6.07, 6.45) is -11.7. The summed E-state index contributed by atoms with van der Waals surface area (Å²) < 4.78 is 33.4. The molecule has 10 atom stereocenters. The monoisotopic (exact) mass is 706 g/mol. The van der Waals surface area contributed by atoms with Gasteiger partial charge in [-0.1, -0.05) is 11.8 Å². The van der Waals surface area contributed by atoms with Gasteiger partial charge in [0.15, 0.2) is 0 Å². The van der Waals surface area contributed by atoms with E-state index < -0.39 is 97.4 Å². The molecule has 0 amide bonds. The van der Waals surface area contributed by atoms with E-state index in [0.717, 1.165) is 0 Å². The average molecular weight is 707 g/mol. The minimum Gasteiger partial charge on any atom is -0.508 e. The molecule has 49 heavy (non-hydrogen) atoms.